The van der Waals surface area contributed by atoms with Gasteiger partial charge in [0.2, 0.25) is 0 Å². The first-order chi connectivity index (χ1) is 10.7. The number of aromatic nitrogens is 1. The largest absolute Gasteiger partial charge is 0.356 e. The van der Waals surface area contributed by atoms with Gasteiger partial charge in [-0.25, -0.2) is 4.98 Å². The fourth-order valence-electron chi connectivity index (χ4n) is 3.44. The molecule has 0 aliphatic heterocycles. The Morgan fingerprint density at radius 2 is 1.91 bits per heavy atom. The quantitative estimate of drug-likeness (QED) is 0.857. The lowest BCUT2D eigenvalue weighted by molar-refractivity contribution is 0.575. The van der Waals surface area contributed by atoms with Gasteiger partial charge in [-0.3, -0.25) is 0 Å². The summed E-state index contributed by atoms with van der Waals surface area (Å²) >= 11 is 0. The highest BCUT2D eigenvalue weighted by Gasteiger charge is 2.32. The predicted molar refractivity (Wildman–Crippen MR) is 88.9 cm³/mol. The number of likely N-dealkylation sites (N-methyl/N-ethyl adjacent to an activating group) is 1. The van der Waals surface area contributed by atoms with Gasteiger partial charge in [-0.05, 0) is 37.5 Å². The lowest BCUT2D eigenvalue weighted by Crippen LogP contribution is -2.34. The van der Waals surface area contributed by atoms with Gasteiger partial charge in [0.15, 0.2) is 0 Å². The Balaban J connectivity index is 1.82. The smallest absolute Gasteiger partial charge is 0.128 e. The molecule has 0 N–H and O–H groups in total. The van der Waals surface area contributed by atoms with Gasteiger partial charge in [0.1, 0.15) is 11.9 Å². The lowest BCUT2D eigenvalue weighted by Gasteiger charge is -2.31. The normalized spacial score (nSPS) is 20.6. The summed E-state index contributed by atoms with van der Waals surface area (Å²) in [7, 11) is 2.12. The second-order valence-electron chi connectivity index (χ2n) is 6.14. The molecule has 0 saturated heterocycles. The maximum atomic E-state index is 8.89. The molecule has 2 atom stereocenters. The van der Waals surface area contributed by atoms with Crippen LogP contribution in [0.4, 0.5) is 5.82 Å². The summed E-state index contributed by atoms with van der Waals surface area (Å²) < 4.78 is 0. The van der Waals surface area contributed by atoms with Gasteiger partial charge >= 0.3 is 0 Å². The van der Waals surface area contributed by atoms with E-state index >= 15 is 0 Å². The molecule has 0 spiro atoms. The zero-order valence-electron chi connectivity index (χ0n) is 13.2. The van der Waals surface area contributed by atoms with E-state index < -0.39 is 0 Å². The molecule has 0 bridgehead atoms. The van der Waals surface area contributed by atoms with Crippen LogP contribution < -0.4 is 4.90 Å². The van der Waals surface area contributed by atoms with Crippen molar-refractivity contribution in [1.82, 2.24) is 4.98 Å². The number of pyridine rings is 1. The summed E-state index contributed by atoms with van der Waals surface area (Å²) in [4.78, 5) is 6.72. The van der Waals surface area contributed by atoms with Gasteiger partial charge in [-0.2, -0.15) is 5.26 Å². The van der Waals surface area contributed by atoms with Gasteiger partial charge in [-0.15, -0.1) is 0 Å². The van der Waals surface area contributed by atoms with E-state index in [1.807, 2.05) is 12.1 Å². The molecule has 112 valence electrons. The van der Waals surface area contributed by atoms with Gasteiger partial charge in [0.05, 0.1) is 5.56 Å². The average Bonchev–Trinajstić information content (AvgIpc) is 3.04. The average molecular weight is 291 g/mol. The number of benzene rings is 1. The topological polar surface area (TPSA) is 39.9 Å². The van der Waals surface area contributed by atoms with Crippen LogP contribution in [0.15, 0.2) is 42.6 Å². The molecule has 0 radical (unpaired) electrons. The molecule has 22 heavy (non-hydrogen) atoms. The summed E-state index contributed by atoms with van der Waals surface area (Å²) in [5.41, 5.74) is 3.34. The Kier molecular flexibility index (Phi) is 4.11. The minimum Gasteiger partial charge on any atom is -0.356 e. The molecule has 2 aromatic rings. The summed E-state index contributed by atoms with van der Waals surface area (Å²) in [6.45, 7) is 2.13. The highest BCUT2D eigenvalue weighted by molar-refractivity contribution is 5.44. The molecule has 0 unspecified atom stereocenters. The fraction of sp³-hybridized carbons (Fsp3) is 0.368. The molecule has 1 fully saturated rings. The fourth-order valence-corrected chi connectivity index (χ4v) is 3.44. The summed E-state index contributed by atoms with van der Waals surface area (Å²) in [5.74, 6) is 1.51. The van der Waals surface area contributed by atoms with Crippen molar-refractivity contribution < 1.29 is 0 Å². The summed E-state index contributed by atoms with van der Waals surface area (Å²) in [5, 5.41) is 8.89. The van der Waals surface area contributed by atoms with Crippen LogP contribution in [-0.4, -0.2) is 18.1 Å². The standard InChI is InChI=1S/C19H21N3/c1-14-6-9-16(10-7-14)17-4-3-5-18(17)22(2)19-11-8-15(12-20)13-21-19/h6-11,13,17-18H,3-5H2,1-2H3/t17-,18+/m0/s1. The number of nitrogens with zero attached hydrogens (tertiary/aromatic N) is 3. The van der Waals surface area contributed by atoms with Crippen LogP contribution in [0.25, 0.3) is 0 Å². The number of hydrogen-bond acceptors (Lipinski definition) is 3. The van der Waals surface area contributed by atoms with Crippen molar-refractivity contribution in [2.24, 2.45) is 0 Å². The first kappa shape index (κ1) is 14.6. The highest BCUT2D eigenvalue weighted by atomic mass is 15.2. The van der Waals surface area contributed by atoms with E-state index in [1.165, 1.54) is 30.4 Å². The molecule has 1 saturated carbocycles. The Hall–Kier alpha value is -2.34. The van der Waals surface area contributed by atoms with E-state index in [9.17, 15) is 0 Å². The molecule has 1 aromatic heterocycles. The number of hydrogen-bond donors (Lipinski definition) is 0. The molecule has 1 aliphatic rings. The van der Waals surface area contributed by atoms with E-state index in [0.29, 0.717) is 17.5 Å². The Morgan fingerprint density at radius 3 is 2.55 bits per heavy atom. The third-order valence-corrected chi connectivity index (χ3v) is 4.72. The second-order valence-corrected chi connectivity index (χ2v) is 6.14. The van der Waals surface area contributed by atoms with Gasteiger partial charge in [0.25, 0.3) is 0 Å². The summed E-state index contributed by atoms with van der Waals surface area (Å²) in [6.07, 6.45) is 5.33. The van der Waals surface area contributed by atoms with Gasteiger partial charge in [-0.1, -0.05) is 36.2 Å². The number of aryl methyl sites for hydroxylation is 1. The SMILES string of the molecule is Cc1ccc([C@@H]2CCC[C@H]2N(C)c2ccc(C#N)cn2)cc1. The molecular weight excluding hydrogens is 270 g/mol. The highest BCUT2D eigenvalue weighted by Crippen LogP contribution is 2.38. The van der Waals surface area contributed by atoms with E-state index in [1.54, 1.807) is 6.20 Å². The van der Waals surface area contributed by atoms with Crippen LogP contribution in [-0.2, 0) is 0 Å². The van der Waals surface area contributed by atoms with Crippen molar-refractivity contribution in [3.05, 3.63) is 59.3 Å². The molecule has 1 aliphatic carbocycles. The minimum absolute atomic E-state index is 0.475. The minimum atomic E-state index is 0.475. The zero-order chi connectivity index (χ0) is 15.5. The Bertz CT molecular complexity index is 667. The zero-order valence-corrected chi connectivity index (χ0v) is 13.2. The Labute approximate surface area is 132 Å². The van der Waals surface area contributed by atoms with E-state index in [2.05, 4.69) is 54.2 Å². The third kappa shape index (κ3) is 2.82. The van der Waals surface area contributed by atoms with Crippen molar-refractivity contribution >= 4 is 5.82 Å². The molecular formula is C19H21N3. The second kappa shape index (κ2) is 6.19. The van der Waals surface area contributed by atoms with Crippen molar-refractivity contribution in [2.45, 2.75) is 38.1 Å². The molecule has 0 amide bonds. The maximum absolute atomic E-state index is 8.89. The predicted octanol–water partition coefficient (Wildman–Crippen LogP) is 4.03. The van der Waals surface area contributed by atoms with Crippen LogP contribution in [0.3, 0.4) is 0 Å². The van der Waals surface area contributed by atoms with Crippen LogP contribution in [0.1, 0.15) is 41.9 Å². The van der Waals surface area contributed by atoms with Crippen molar-refractivity contribution in [2.75, 3.05) is 11.9 Å². The number of rotatable bonds is 3. The first-order valence-corrected chi connectivity index (χ1v) is 7.84. The molecule has 3 heteroatoms. The van der Waals surface area contributed by atoms with Crippen LogP contribution in [0.2, 0.25) is 0 Å². The first-order valence-electron chi connectivity index (χ1n) is 7.84. The van der Waals surface area contributed by atoms with Crippen molar-refractivity contribution in [3.8, 4) is 6.07 Å². The van der Waals surface area contributed by atoms with Crippen molar-refractivity contribution in [3.63, 3.8) is 0 Å². The maximum Gasteiger partial charge on any atom is 0.128 e. The molecule has 3 rings (SSSR count). The molecule has 3 nitrogen and oxygen atoms in total. The van der Waals surface area contributed by atoms with E-state index in [-0.39, 0.29) is 0 Å². The molecule has 1 heterocycles. The third-order valence-electron chi connectivity index (χ3n) is 4.72. The van der Waals surface area contributed by atoms with Gasteiger partial charge in [0, 0.05) is 25.2 Å². The van der Waals surface area contributed by atoms with Crippen molar-refractivity contribution in [1.29, 1.82) is 5.26 Å². The van der Waals surface area contributed by atoms with E-state index in [4.69, 9.17) is 5.26 Å². The molecule has 1 aromatic carbocycles. The van der Waals surface area contributed by atoms with Crippen LogP contribution in [0.5, 0.6) is 0 Å². The number of nitriles is 1. The summed E-state index contributed by atoms with van der Waals surface area (Å²) in [6, 6.07) is 15.3. The Morgan fingerprint density at radius 1 is 1.14 bits per heavy atom. The van der Waals surface area contributed by atoms with Crippen LogP contribution in [0, 0.1) is 18.3 Å². The van der Waals surface area contributed by atoms with Crippen LogP contribution >= 0.6 is 0 Å². The number of anilines is 1. The lowest BCUT2D eigenvalue weighted by atomic mass is 9.92. The van der Waals surface area contributed by atoms with E-state index in [0.717, 1.165) is 5.82 Å². The van der Waals surface area contributed by atoms with Gasteiger partial charge < -0.3 is 4.90 Å². The monoisotopic (exact) mass is 291 g/mol.